The summed E-state index contributed by atoms with van der Waals surface area (Å²) in [5.74, 6) is 0.252. The molecule has 0 radical (unpaired) electrons. The van der Waals surface area contributed by atoms with Crippen LogP contribution in [0.2, 0.25) is 0 Å². The van der Waals surface area contributed by atoms with Crippen molar-refractivity contribution in [3.8, 4) is 0 Å². The van der Waals surface area contributed by atoms with Crippen molar-refractivity contribution < 1.29 is 4.79 Å². The van der Waals surface area contributed by atoms with E-state index in [9.17, 15) is 4.79 Å². The minimum absolute atomic E-state index is 0.200. The molecule has 3 heteroatoms. The molecule has 1 aliphatic heterocycles. The zero-order chi connectivity index (χ0) is 14.8. The summed E-state index contributed by atoms with van der Waals surface area (Å²) in [4.78, 5) is 17.0. The van der Waals surface area contributed by atoms with Gasteiger partial charge in [-0.05, 0) is 27.8 Å². The second-order valence-electron chi connectivity index (χ2n) is 6.55. The highest BCUT2D eigenvalue weighted by atomic mass is 16.1. The summed E-state index contributed by atoms with van der Waals surface area (Å²) in [5.41, 5.74) is 2.23. The predicted molar refractivity (Wildman–Crippen MR) is 83.3 cm³/mol. The maximum absolute atomic E-state index is 12.2. The van der Waals surface area contributed by atoms with Gasteiger partial charge in [0.1, 0.15) is 0 Å². The molecule has 0 aliphatic carbocycles. The molecule has 1 aromatic rings. The molecular weight excluding hydrogens is 248 g/mol. The lowest BCUT2D eigenvalue weighted by molar-refractivity contribution is 0.0390. The van der Waals surface area contributed by atoms with Crippen LogP contribution in [0.4, 0.5) is 0 Å². The van der Waals surface area contributed by atoms with Crippen LogP contribution < -0.4 is 0 Å². The summed E-state index contributed by atoms with van der Waals surface area (Å²) in [6.45, 7) is 10.6. The number of rotatable bonds is 4. The van der Waals surface area contributed by atoms with Gasteiger partial charge in [0.15, 0.2) is 5.78 Å². The Morgan fingerprint density at radius 2 is 1.85 bits per heavy atom. The van der Waals surface area contributed by atoms with Crippen LogP contribution in [-0.2, 0) is 0 Å². The molecule has 1 fully saturated rings. The quantitative estimate of drug-likeness (QED) is 0.789. The second-order valence-corrected chi connectivity index (χ2v) is 6.55. The Morgan fingerprint density at radius 3 is 2.45 bits per heavy atom. The van der Waals surface area contributed by atoms with E-state index in [0.29, 0.717) is 6.42 Å². The van der Waals surface area contributed by atoms with E-state index < -0.39 is 0 Å². The number of Topliss-reactive ketones (excluding diaryl/α,β-unsaturated/α-hetero) is 1. The molecule has 0 saturated carbocycles. The number of carbonyl (C=O) groups is 1. The maximum Gasteiger partial charge on any atom is 0.164 e. The van der Waals surface area contributed by atoms with Crippen molar-refractivity contribution in [3.05, 3.63) is 35.4 Å². The molecule has 1 aliphatic rings. The molecule has 0 aromatic heterocycles. The van der Waals surface area contributed by atoms with Crippen molar-refractivity contribution in [3.63, 3.8) is 0 Å². The van der Waals surface area contributed by atoms with Gasteiger partial charge >= 0.3 is 0 Å². The number of likely N-dealkylation sites (N-methyl/N-ethyl adjacent to an activating group) is 1. The van der Waals surface area contributed by atoms with Gasteiger partial charge in [-0.2, -0.15) is 0 Å². The van der Waals surface area contributed by atoms with Gasteiger partial charge in [-0.1, -0.05) is 29.8 Å². The fourth-order valence-corrected chi connectivity index (χ4v) is 2.68. The molecule has 0 amide bonds. The number of benzene rings is 1. The van der Waals surface area contributed by atoms with Crippen molar-refractivity contribution in [1.82, 2.24) is 9.80 Å². The van der Waals surface area contributed by atoms with Gasteiger partial charge in [-0.15, -0.1) is 0 Å². The lowest BCUT2D eigenvalue weighted by Crippen LogP contribution is -2.57. The van der Waals surface area contributed by atoms with E-state index in [0.717, 1.165) is 31.7 Å². The highest BCUT2D eigenvalue weighted by Gasteiger charge is 2.30. The molecule has 1 aromatic carbocycles. The number of aryl methyl sites for hydroxylation is 1. The molecule has 0 spiro atoms. The lowest BCUT2D eigenvalue weighted by atomic mass is 9.99. The van der Waals surface area contributed by atoms with Gasteiger partial charge in [0.2, 0.25) is 0 Å². The normalized spacial score (nSPS) is 20.0. The van der Waals surface area contributed by atoms with Crippen LogP contribution in [0.1, 0.15) is 36.2 Å². The Hall–Kier alpha value is -1.19. The zero-order valence-electron chi connectivity index (χ0n) is 13.1. The van der Waals surface area contributed by atoms with E-state index >= 15 is 0 Å². The average molecular weight is 274 g/mol. The molecule has 0 unspecified atom stereocenters. The first-order chi connectivity index (χ1) is 9.38. The molecule has 3 nitrogen and oxygen atoms in total. The van der Waals surface area contributed by atoms with Gasteiger partial charge in [-0.25, -0.2) is 0 Å². The van der Waals surface area contributed by atoms with Crippen LogP contribution in [-0.4, -0.2) is 54.3 Å². The molecule has 110 valence electrons. The summed E-state index contributed by atoms with van der Waals surface area (Å²) in [6, 6.07) is 7.88. The first kappa shape index (κ1) is 15.2. The van der Waals surface area contributed by atoms with E-state index in [2.05, 4.69) is 30.7 Å². The fraction of sp³-hybridized carbons (Fsp3) is 0.588. The molecule has 0 bridgehead atoms. The Kier molecular flexibility index (Phi) is 4.61. The Balaban J connectivity index is 1.86. The first-order valence-electron chi connectivity index (χ1n) is 7.42. The van der Waals surface area contributed by atoms with E-state index in [-0.39, 0.29) is 11.3 Å². The minimum atomic E-state index is 0.200. The Morgan fingerprint density at radius 1 is 1.20 bits per heavy atom. The SMILES string of the molecule is Cc1ccc(C(=O)CCN2CCN(C)C(C)(C)C2)cc1. The molecule has 1 heterocycles. The van der Waals surface area contributed by atoms with Crippen LogP contribution in [0.25, 0.3) is 0 Å². The molecule has 0 atom stereocenters. The number of nitrogens with zero attached hydrogens (tertiary/aromatic N) is 2. The number of carbonyl (C=O) groups excluding carboxylic acids is 1. The summed E-state index contributed by atoms with van der Waals surface area (Å²) < 4.78 is 0. The number of hydrogen-bond acceptors (Lipinski definition) is 3. The standard InChI is InChI=1S/C17H26N2O/c1-14-5-7-15(8-6-14)16(20)9-10-19-12-11-18(4)17(2,3)13-19/h5-8H,9-13H2,1-4H3. The van der Waals surface area contributed by atoms with Gasteiger partial charge in [0.25, 0.3) is 0 Å². The van der Waals surface area contributed by atoms with Crippen molar-refractivity contribution in [1.29, 1.82) is 0 Å². The third-order valence-electron chi connectivity index (χ3n) is 4.42. The van der Waals surface area contributed by atoms with Crippen molar-refractivity contribution in [2.45, 2.75) is 32.7 Å². The van der Waals surface area contributed by atoms with Gasteiger partial charge < -0.3 is 0 Å². The predicted octanol–water partition coefficient (Wildman–Crippen LogP) is 2.59. The van der Waals surface area contributed by atoms with Crippen LogP contribution in [0.5, 0.6) is 0 Å². The third-order valence-corrected chi connectivity index (χ3v) is 4.42. The largest absolute Gasteiger partial charge is 0.300 e. The molecule has 20 heavy (non-hydrogen) atoms. The zero-order valence-corrected chi connectivity index (χ0v) is 13.1. The smallest absolute Gasteiger partial charge is 0.164 e. The minimum Gasteiger partial charge on any atom is -0.300 e. The monoisotopic (exact) mass is 274 g/mol. The highest BCUT2D eigenvalue weighted by Crippen LogP contribution is 2.19. The number of piperazine rings is 1. The summed E-state index contributed by atoms with van der Waals surface area (Å²) >= 11 is 0. The van der Waals surface area contributed by atoms with E-state index in [4.69, 9.17) is 0 Å². The average Bonchev–Trinajstić information content (AvgIpc) is 2.40. The van der Waals surface area contributed by atoms with Crippen LogP contribution in [0.3, 0.4) is 0 Å². The van der Waals surface area contributed by atoms with Crippen molar-refractivity contribution >= 4 is 5.78 Å². The molecular formula is C17H26N2O. The van der Waals surface area contributed by atoms with Crippen LogP contribution in [0.15, 0.2) is 24.3 Å². The highest BCUT2D eigenvalue weighted by molar-refractivity contribution is 5.96. The van der Waals surface area contributed by atoms with Crippen LogP contribution >= 0.6 is 0 Å². The first-order valence-corrected chi connectivity index (χ1v) is 7.42. The van der Waals surface area contributed by atoms with E-state index in [1.165, 1.54) is 5.56 Å². The number of ketones is 1. The number of hydrogen-bond donors (Lipinski definition) is 0. The van der Waals surface area contributed by atoms with Crippen LogP contribution in [0, 0.1) is 6.92 Å². The Labute approximate surface area is 122 Å². The third kappa shape index (κ3) is 3.68. The summed E-state index contributed by atoms with van der Waals surface area (Å²) in [6.07, 6.45) is 0.614. The summed E-state index contributed by atoms with van der Waals surface area (Å²) in [7, 11) is 2.18. The second kappa shape index (κ2) is 6.06. The van der Waals surface area contributed by atoms with Crippen molar-refractivity contribution in [2.75, 3.05) is 33.2 Å². The van der Waals surface area contributed by atoms with Crippen molar-refractivity contribution in [2.24, 2.45) is 0 Å². The Bertz CT molecular complexity index is 464. The van der Waals surface area contributed by atoms with E-state index in [1.807, 2.05) is 31.2 Å². The topological polar surface area (TPSA) is 23.6 Å². The molecule has 1 saturated heterocycles. The van der Waals surface area contributed by atoms with Gasteiger partial charge in [-0.3, -0.25) is 14.6 Å². The maximum atomic E-state index is 12.2. The lowest BCUT2D eigenvalue weighted by Gasteiger charge is -2.45. The molecule has 0 N–H and O–H groups in total. The van der Waals surface area contributed by atoms with Gasteiger partial charge in [0, 0.05) is 43.7 Å². The van der Waals surface area contributed by atoms with E-state index in [1.54, 1.807) is 0 Å². The molecule has 2 rings (SSSR count). The fourth-order valence-electron chi connectivity index (χ4n) is 2.68. The van der Waals surface area contributed by atoms with Gasteiger partial charge in [0.05, 0.1) is 0 Å². The summed E-state index contributed by atoms with van der Waals surface area (Å²) in [5, 5.41) is 0.